The van der Waals surface area contributed by atoms with Gasteiger partial charge in [0.15, 0.2) is 0 Å². The monoisotopic (exact) mass is 246 g/mol. The lowest BCUT2D eigenvalue weighted by Gasteiger charge is -2.08. The molecule has 2 N–H and O–H groups in total. The average Bonchev–Trinajstić information content (AvgIpc) is 2.35. The number of carbonyl (C=O) groups excluding carboxylic acids is 2. The summed E-state index contributed by atoms with van der Waals surface area (Å²) >= 11 is 11.3. The molecule has 0 heterocycles. The summed E-state index contributed by atoms with van der Waals surface area (Å²) in [7, 11) is 0. The van der Waals surface area contributed by atoms with Crippen LogP contribution in [0, 0.1) is 0 Å². The first-order valence-electron chi connectivity index (χ1n) is 3.89. The lowest BCUT2D eigenvalue weighted by molar-refractivity contribution is -0.0857. The Balaban J connectivity index is 2.80. The van der Waals surface area contributed by atoms with E-state index in [0.29, 0.717) is 0 Å². The summed E-state index contributed by atoms with van der Waals surface area (Å²) in [4.78, 5) is 22.8. The first-order valence-corrected chi connectivity index (χ1v) is 4.65. The minimum atomic E-state index is -3.02. The zero-order valence-electron chi connectivity index (χ0n) is 7.12. The van der Waals surface area contributed by atoms with E-state index in [1.165, 1.54) is 12.1 Å². The van der Waals surface area contributed by atoms with E-state index in [4.69, 9.17) is 23.2 Å². The number of rotatable bonds is 0. The molecule has 0 fully saturated rings. The number of ketones is 2. The molecule has 0 amide bonds. The largest absolute Gasteiger partial charge is 0.353 e. The van der Waals surface area contributed by atoms with E-state index in [1.807, 2.05) is 0 Å². The van der Waals surface area contributed by atoms with Crippen LogP contribution in [-0.4, -0.2) is 27.6 Å². The van der Waals surface area contributed by atoms with Gasteiger partial charge in [-0.3, -0.25) is 9.59 Å². The number of carbonyl (C=O) groups is 2. The fraction of sp³-hybridized carbons (Fsp3) is 0.111. The first-order chi connectivity index (χ1) is 6.87. The van der Waals surface area contributed by atoms with E-state index in [2.05, 4.69) is 0 Å². The van der Waals surface area contributed by atoms with Gasteiger partial charge >= 0.3 is 0 Å². The van der Waals surface area contributed by atoms with Gasteiger partial charge in [0.1, 0.15) is 0 Å². The molecule has 1 aromatic carbocycles. The van der Waals surface area contributed by atoms with E-state index < -0.39 is 17.4 Å². The number of Topliss-reactive ketones (excluding diaryl/α,β-unsaturated/α-hetero) is 2. The molecule has 4 nitrogen and oxygen atoms in total. The Morgan fingerprint density at radius 3 is 2.27 bits per heavy atom. The normalized spacial score (nSPS) is 18.1. The number of benzene rings is 1. The van der Waals surface area contributed by atoms with Crippen LogP contribution in [0.25, 0.3) is 0 Å². The summed E-state index contributed by atoms with van der Waals surface area (Å²) in [5.41, 5.74) is -0.362. The number of aliphatic hydroxyl groups is 2. The van der Waals surface area contributed by atoms with Gasteiger partial charge in [-0.2, -0.15) is 0 Å². The minimum absolute atomic E-state index is 0.0780. The Morgan fingerprint density at radius 2 is 1.67 bits per heavy atom. The molecule has 0 spiro atoms. The maximum Gasteiger partial charge on any atom is 0.295 e. The van der Waals surface area contributed by atoms with E-state index in [-0.39, 0.29) is 21.2 Å². The van der Waals surface area contributed by atoms with Crippen LogP contribution in [0.3, 0.4) is 0 Å². The Bertz CT molecular complexity index is 493. The Hall–Kier alpha value is -0.940. The molecule has 1 aliphatic carbocycles. The third-order valence-electron chi connectivity index (χ3n) is 2.20. The van der Waals surface area contributed by atoms with Crippen molar-refractivity contribution in [2.45, 2.75) is 5.79 Å². The van der Waals surface area contributed by atoms with Crippen LogP contribution in [0.4, 0.5) is 0 Å². The molecule has 2 rings (SSSR count). The summed E-state index contributed by atoms with van der Waals surface area (Å²) in [6.45, 7) is 0. The second-order valence-electron chi connectivity index (χ2n) is 3.11. The molecular formula is C9H4Cl2O4. The van der Waals surface area contributed by atoms with Gasteiger partial charge in [0, 0.05) is 5.56 Å². The van der Waals surface area contributed by atoms with Gasteiger partial charge in [-0.05, 0) is 12.1 Å². The Morgan fingerprint density at radius 1 is 1.07 bits per heavy atom. The lowest BCUT2D eigenvalue weighted by atomic mass is 10.1. The number of hydrogen-bond donors (Lipinski definition) is 2. The zero-order valence-corrected chi connectivity index (χ0v) is 8.63. The van der Waals surface area contributed by atoms with Crippen molar-refractivity contribution in [3.05, 3.63) is 33.3 Å². The van der Waals surface area contributed by atoms with Crippen LogP contribution in [0.2, 0.25) is 10.0 Å². The van der Waals surface area contributed by atoms with Gasteiger partial charge in [0.2, 0.25) is 11.6 Å². The molecular weight excluding hydrogens is 243 g/mol. The molecule has 78 valence electrons. The Labute approximate surface area is 94.0 Å². The van der Waals surface area contributed by atoms with Crippen LogP contribution >= 0.6 is 23.2 Å². The topological polar surface area (TPSA) is 74.6 Å². The van der Waals surface area contributed by atoms with Crippen LogP contribution in [0.15, 0.2) is 12.1 Å². The molecule has 0 bridgehead atoms. The zero-order chi connectivity index (χ0) is 11.4. The molecule has 1 aliphatic rings. The summed E-state index contributed by atoms with van der Waals surface area (Å²) in [5.74, 6) is -5.24. The molecule has 0 atom stereocenters. The summed E-state index contributed by atoms with van der Waals surface area (Å²) in [5, 5.41) is 18.4. The van der Waals surface area contributed by atoms with E-state index in [0.717, 1.165) is 0 Å². The van der Waals surface area contributed by atoms with Crippen molar-refractivity contribution in [2.24, 2.45) is 0 Å². The lowest BCUT2D eigenvalue weighted by Crippen LogP contribution is -2.40. The molecule has 0 unspecified atom stereocenters. The molecule has 0 saturated carbocycles. The maximum atomic E-state index is 11.4. The highest BCUT2D eigenvalue weighted by Crippen LogP contribution is 2.37. The van der Waals surface area contributed by atoms with Crippen molar-refractivity contribution in [3.8, 4) is 0 Å². The van der Waals surface area contributed by atoms with E-state index >= 15 is 0 Å². The van der Waals surface area contributed by atoms with Gasteiger partial charge in [-0.1, -0.05) is 23.2 Å². The summed E-state index contributed by atoms with van der Waals surface area (Å²) in [6, 6.07) is 2.55. The fourth-order valence-corrected chi connectivity index (χ4v) is 1.84. The van der Waals surface area contributed by atoms with E-state index in [1.54, 1.807) is 0 Å². The van der Waals surface area contributed by atoms with Gasteiger partial charge in [0.25, 0.3) is 5.79 Å². The molecule has 0 aliphatic heterocycles. The average molecular weight is 247 g/mol. The number of halogens is 2. The van der Waals surface area contributed by atoms with Crippen molar-refractivity contribution < 1.29 is 19.8 Å². The summed E-state index contributed by atoms with van der Waals surface area (Å²) < 4.78 is 0. The molecule has 15 heavy (non-hydrogen) atoms. The SMILES string of the molecule is O=C1c2ccc(Cl)c(Cl)c2C(=O)C1(O)O. The van der Waals surface area contributed by atoms with Crippen LogP contribution in [0.5, 0.6) is 0 Å². The predicted molar refractivity (Wildman–Crippen MR) is 52.3 cm³/mol. The molecule has 0 saturated heterocycles. The first kappa shape index (κ1) is 10.6. The third-order valence-corrected chi connectivity index (χ3v) is 3.00. The van der Waals surface area contributed by atoms with Crippen molar-refractivity contribution in [1.29, 1.82) is 0 Å². The van der Waals surface area contributed by atoms with Crippen molar-refractivity contribution in [3.63, 3.8) is 0 Å². The number of fused-ring (bicyclic) bond motifs is 1. The highest BCUT2D eigenvalue weighted by Gasteiger charge is 2.52. The molecule has 0 radical (unpaired) electrons. The number of hydrogen-bond acceptors (Lipinski definition) is 4. The maximum absolute atomic E-state index is 11.4. The predicted octanol–water partition coefficient (Wildman–Crippen LogP) is 1.05. The smallest absolute Gasteiger partial charge is 0.295 e. The standard InChI is InChI=1S/C9H4Cl2O4/c10-4-2-1-3-5(6(4)11)8(13)9(14,15)7(3)12/h1-2,14-15H. The van der Waals surface area contributed by atoms with Crippen molar-refractivity contribution in [1.82, 2.24) is 0 Å². The van der Waals surface area contributed by atoms with Crippen LogP contribution in [0.1, 0.15) is 20.7 Å². The Kier molecular flexibility index (Phi) is 2.13. The van der Waals surface area contributed by atoms with Crippen LogP contribution < -0.4 is 0 Å². The quantitative estimate of drug-likeness (QED) is 0.530. The second-order valence-corrected chi connectivity index (χ2v) is 3.90. The highest BCUT2D eigenvalue weighted by molar-refractivity contribution is 6.46. The van der Waals surface area contributed by atoms with Crippen LogP contribution in [-0.2, 0) is 0 Å². The van der Waals surface area contributed by atoms with Gasteiger partial charge < -0.3 is 10.2 Å². The minimum Gasteiger partial charge on any atom is -0.353 e. The highest BCUT2D eigenvalue weighted by atomic mass is 35.5. The van der Waals surface area contributed by atoms with Gasteiger partial charge in [-0.25, -0.2) is 0 Å². The van der Waals surface area contributed by atoms with Gasteiger partial charge in [0.05, 0.1) is 15.6 Å². The fourth-order valence-electron chi connectivity index (χ4n) is 1.43. The van der Waals surface area contributed by atoms with Crippen molar-refractivity contribution in [2.75, 3.05) is 0 Å². The summed E-state index contributed by atoms with van der Waals surface area (Å²) in [6.07, 6.45) is 0. The molecule has 1 aromatic rings. The van der Waals surface area contributed by atoms with Gasteiger partial charge in [-0.15, -0.1) is 0 Å². The third kappa shape index (κ3) is 1.23. The van der Waals surface area contributed by atoms with E-state index in [9.17, 15) is 19.8 Å². The van der Waals surface area contributed by atoms with Crippen molar-refractivity contribution >= 4 is 34.8 Å². The second kappa shape index (κ2) is 3.02. The molecule has 0 aromatic heterocycles. The molecule has 6 heteroatoms.